The van der Waals surface area contributed by atoms with Crippen molar-refractivity contribution >= 4 is 11.9 Å². The second-order valence-corrected chi connectivity index (χ2v) is 6.82. The van der Waals surface area contributed by atoms with Gasteiger partial charge in [0.05, 0.1) is 0 Å². The predicted octanol–water partition coefficient (Wildman–Crippen LogP) is 2.91. The van der Waals surface area contributed by atoms with Gasteiger partial charge in [-0.3, -0.25) is 9.59 Å². The van der Waals surface area contributed by atoms with Crippen LogP contribution in [-0.2, 0) is 9.59 Å². The first kappa shape index (κ1) is 15.3. The summed E-state index contributed by atoms with van der Waals surface area (Å²) in [4.78, 5) is 24.9. The molecule has 0 aromatic heterocycles. The minimum Gasteiger partial charge on any atom is -0.481 e. The summed E-state index contributed by atoms with van der Waals surface area (Å²) in [5.74, 6) is 1.67. The molecular weight excluding hydrogens is 254 g/mol. The standard InChI is InChI=1S/C16H27NO3/c1-11(2)17(7-3-4-16(19)20)15(18)10-14-9-12-5-6-13(14)8-12/h11-14H,3-10H2,1-2H3,(H,19,20). The lowest BCUT2D eigenvalue weighted by Gasteiger charge is -2.30. The molecule has 0 aromatic carbocycles. The van der Waals surface area contributed by atoms with Gasteiger partial charge in [-0.1, -0.05) is 6.42 Å². The van der Waals surface area contributed by atoms with Crippen LogP contribution in [0.4, 0.5) is 0 Å². The third kappa shape index (κ3) is 3.74. The van der Waals surface area contributed by atoms with Crippen molar-refractivity contribution in [2.24, 2.45) is 17.8 Å². The molecule has 0 heterocycles. The Morgan fingerprint density at radius 1 is 1.25 bits per heavy atom. The molecule has 2 bridgehead atoms. The van der Waals surface area contributed by atoms with E-state index in [0.717, 1.165) is 11.8 Å². The first-order valence-electron chi connectivity index (χ1n) is 7.98. The number of rotatable bonds is 7. The Morgan fingerprint density at radius 3 is 2.50 bits per heavy atom. The highest BCUT2D eigenvalue weighted by atomic mass is 16.4. The van der Waals surface area contributed by atoms with Gasteiger partial charge in [0, 0.05) is 25.4 Å². The lowest BCUT2D eigenvalue weighted by atomic mass is 9.86. The molecule has 2 fully saturated rings. The van der Waals surface area contributed by atoms with Crippen LogP contribution in [-0.4, -0.2) is 34.5 Å². The zero-order valence-electron chi connectivity index (χ0n) is 12.7. The minimum atomic E-state index is -0.783. The number of hydrogen-bond acceptors (Lipinski definition) is 2. The quantitative estimate of drug-likeness (QED) is 0.780. The lowest BCUT2D eigenvalue weighted by molar-refractivity contribution is -0.139. The molecule has 0 radical (unpaired) electrons. The van der Waals surface area contributed by atoms with Gasteiger partial charge in [-0.25, -0.2) is 0 Å². The van der Waals surface area contributed by atoms with Gasteiger partial charge >= 0.3 is 5.97 Å². The minimum absolute atomic E-state index is 0.143. The third-order valence-corrected chi connectivity index (χ3v) is 5.05. The van der Waals surface area contributed by atoms with E-state index >= 15 is 0 Å². The largest absolute Gasteiger partial charge is 0.481 e. The molecule has 1 N–H and O–H groups in total. The fourth-order valence-corrected chi connectivity index (χ4v) is 4.04. The Morgan fingerprint density at radius 2 is 2.00 bits per heavy atom. The number of amides is 1. The van der Waals surface area contributed by atoms with Gasteiger partial charge in [0.2, 0.25) is 5.91 Å². The number of fused-ring (bicyclic) bond motifs is 2. The molecular formula is C16H27NO3. The Kier molecular flexibility index (Phi) is 5.06. The van der Waals surface area contributed by atoms with Gasteiger partial charge in [-0.2, -0.15) is 0 Å². The fourth-order valence-electron chi connectivity index (χ4n) is 4.04. The molecule has 0 saturated heterocycles. The summed E-state index contributed by atoms with van der Waals surface area (Å²) in [6.07, 6.45) is 6.61. The number of carboxylic acids is 1. The molecule has 3 unspecified atom stereocenters. The van der Waals surface area contributed by atoms with Crippen LogP contribution >= 0.6 is 0 Å². The van der Waals surface area contributed by atoms with Crippen molar-refractivity contribution in [3.63, 3.8) is 0 Å². The zero-order chi connectivity index (χ0) is 14.7. The molecule has 20 heavy (non-hydrogen) atoms. The van der Waals surface area contributed by atoms with E-state index in [2.05, 4.69) is 0 Å². The highest BCUT2D eigenvalue weighted by molar-refractivity contribution is 5.77. The summed E-state index contributed by atoms with van der Waals surface area (Å²) in [5.41, 5.74) is 0. The van der Waals surface area contributed by atoms with E-state index in [-0.39, 0.29) is 18.4 Å². The highest BCUT2D eigenvalue weighted by Gasteiger charge is 2.40. The van der Waals surface area contributed by atoms with Gasteiger partial charge in [-0.05, 0) is 57.3 Å². The predicted molar refractivity (Wildman–Crippen MR) is 77.3 cm³/mol. The molecule has 2 aliphatic rings. The Labute approximate surface area is 121 Å². The third-order valence-electron chi connectivity index (χ3n) is 5.05. The van der Waals surface area contributed by atoms with Crippen molar-refractivity contribution in [1.29, 1.82) is 0 Å². The van der Waals surface area contributed by atoms with Gasteiger partial charge in [-0.15, -0.1) is 0 Å². The Balaban J connectivity index is 1.82. The summed E-state index contributed by atoms with van der Waals surface area (Å²) in [6, 6.07) is 0.162. The Hall–Kier alpha value is -1.06. The van der Waals surface area contributed by atoms with Crippen LogP contribution in [0.25, 0.3) is 0 Å². The SMILES string of the molecule is CC(C)N(CCCC(=O)O)C(=O)CC1CC2CCC1C2. The normalized spacial score (nSPS) is 28.1. The average Bonchev–Trinajstić information content (AvgIpc) is 2.95. The van der Waals surface area contributed by atoms with Crippen molar-refractivity contribution < 1.29 is 14.7 Å². The number of carboxylic acid groups (broad SMARTS) is 1. The van der Waals surface area contributed by atoms with Crippen LogP contribution in [0, 0.1) is 17.8 Å². The van der Waals surface area contributed by atoms with Crippen molar-refractivity contribution in [2.45, 2.75) is 64.8 Å². The number of nitrogens with zero attached hydrogens (tertiary/aromatic N) is 1. The van der Waals surface area contributed by atoms with Crippen molar-refractivity contribution in [3.8, 4) is 0 Å². The molecule has 4 heteroatoms. The molecule has 2 saturated carbocycles. The monoisotopic (exact) mass is 281 g/mol. The zero-order valence-corrected chi connectivity index (χ0v) is 12.7. The number of aliphatic carboxylic acids is 1. The molecule has 3 atom stereocenters. The molecule has 114 valence electrons. The molecule has 0 aliphatic heterocycles. The first-order valence-corrected chi connectivity index (χ1v) is 7.98. The van der Waals surface area contributed by atoms with Crippen LogP contribution < -0.4 is 0 Å². The molecule has 2 rings (SSSR count). The average molecular weight is 281 g/mol. The topological polar surface area (TPSA) is 57.6 Å². The van der Waals surface area contributed by atoms with Gasteiger partial charge in [0.1, 0.15) is 0 Å². The van der Waals surface area contributed by atoms with Gasteiger partial charge < -0.3 is 10.0 Å². The summed E-state index contributed by atoms with van der Waals surface area (Å²) in [5, 5.41) is 8.70. The van der Waals surface area contributed by atoms with Gasteiger partial charge in [0.15, 0.2) is 0 Å². The maximum Gasteiger partial charge on any atom is 0.303 e. The number of hydrogen-bond donors (Lipinski definition) is 1. The highest BCUT2D eigenvalue weighted by Crippen LogP contribution is 2.49. The van der Waals surface area contributed by atoms with Crippen molar-refractivity contribution in [1.82, 2.24) is 4.90 Å². The first-order chi connectivity index (χ1) is 9.47. The van der Waals surface area contributed by atoms with Crippen LogP contribution in [0.3, 0.4) is 0 Å². The van der Waals surface area contributed by atoms with Crippen LogP contribution in [0.5, 0.6) is 0 Å². The summed E-state index contributed by atoms with van der Waals surface area (Å²) >= 11 is 0. The summed E-state index contributed by atoms with van der Waals surface area (Å²) in [6.45, 7) is 4.60. The van der Waals surface area contributed by atoms with Crippen LogP contribution in [0.2, 0.25) is 0 Å². The van der Waals surface area contributed by atoms with E-state index in [1.807, 2.05) is 18.7 Å². The van der Waals surface area contributed by atoms with E-state index in [1.165, 1.54) is 25.7 Å². The maximum atomic E-state index is 12.5. The van der Waals surface area contributed by atoms with Crippen LogP contribution in [0.1, 0.15) is 58.8 Å². The molecule has 4 nitrogen and oxygen atoms in total. The fraction of sp³-hybridized carbons (Fsp3) is 0.875. The van der Waals surface area contributed by atoms with Crippen molar-refractivity contribution in [2.75, 3.05) is 6.54 Å². The molecule has 1 amide bonds. The second kappa shape index (κ2) is 6.59. The molecule has 0 aromatic rings. The van der Waals surface area contributed by atoms with E-state index in [0.29, 0.717) is 25.3 Å². The lowest BCUT2D eigenvalue weighted by Crippen LogP contribution is -2.39. The van der Waals surface area contributed by atoms with E-state index in [1.54, 1.807) is 0 Å². The molecule has 0 spiro atoms. The van der Waals surface area contributed by atoms with E-state index in [4.69, 9.17) is 5.11 Å². The van der Waals surface area contributed by atoms with E-state index < -0.39 is 5.97 Å². The van der Waals surface area contributed by atoms with Gasteiger partial charge in [0.25, 0.3) is 0 Å². The summed E-state index contributed by atoms with van der Waals surface area (Å²) < 4.78 is 0. The number of carbonyl (C=O) groups excluding carboxylic acids is 1. The molecule has 2 aliphatic carbocycles. The second-order valence-electron chi connectivity index (χ2n) is 6.82. The summed E-state index contributed by atoms with van der Waals surface area (Å²) in [7, 11) is 0. The maximum absolute atomic E-state index is 12.5. The number of carbonyl (C=O) groups is 2. The van der Waals surface area contributed by atoms with E-state index in [9.17, 15) is 9.59 Å². The van der Waals surface area contributed by atoms with Crippen LogP contribution in [0.15, 0.2) is 0 Å². The Bertz CT molecular complexity index is 367. The smallest absolute Gasteiger partial charge is 0.303 e. The van der Waals surface area contributed by atoms with Crippen molar-refractivity contribution in [3.05, 3.63) is 0 Å².